The van der Waals surface area contributed by atoms with Crippen molar-refractivity contribution in [3.8, 4) is 0 Å². The van der Waals surface area contributed by atoms with Crippen LogP contribution >= 0.6 is 0 Å². The van der Waals surface area contributed by atoms with Crippen LogP contribution in [0.3, 0.4) is 0 Å². The minimum absolute atomic E-state index is 0.336. The fourth-order valence-electron chi connectivity index (χ4n) is 1.93. The Hall–Kier alpha value is -0.860. The van der Waals surface area contributed by atoms with Gasteiger partial charge in [0.2, 0.25) is 0 Å². The fourth-order valence-corrected chi connectivity index (χ4v) is 1.93. The van der Waals surface area contributed by atoms with Gasteiger partial charge in [0.15, 0.2) is 0 Å². The lowest BCUT2D eigenvalue weighted by atomic mass is 10.0. The Morgan fingerprint density at radius 2 is 2.08 bits per heavy atom. The lowest BCUT2D eigenvalue weighted by Crippen LogP contribution is -2.22. The van der Waals surface area contributed by atoms with Crippen LogP contribution in [-0.2, 0) is 4.74 Å². The second-order valence-corrected chi connectivity index (χ2v) is 3.41. The molecule has 0 bridgehead atoms. The van der Waals surface area contributed by atoms with Crippen LogP contribution in [0, 0.1) is 0 Å². The largest absolute Gasteiger partial charge is 0.379 e. The summed E-state index contributed by atoms with van der Waals surface area (Å²) in [6.07, 6.45) is 1.44. The van der Waals surface area contributed by atoms with E-state index in [0.717, 1.165) is 13.0 Å². The van der Waals surface area contributed by atoms with Gasteiger partial charge in [0, 0.05) is 7.11 Å². The van der Waals surface area contributed by atoms with Gasteiger partial charge in [-0.05, 0) is 18.5 Å². The normalized spacial score (nSPS) is 27.8. The van der Waals surface area contributed by atoms with Gasteiger partial charge in [0.05, 0.1) is 12.1 Å². The molecule has 0 aromatic heterocycles. The van der Waals surface area contributed by atoms with Crippen LogP contribution in [0.5, 0.6) is 0 Å². The van der Waals surface area contributed by atoms with E-state index in [9.17, 15) is 0 Å². The first kappa shape index (κ1) is 8.73. The van der Waals surface area contributed by atoms with Gasteiger partial charge in [-0.2, -0.15) is 0 Å². The lowest BCUT2D eigenvalue weighted by Gasteiger charge is -2.18. The maximum absolute atomic E-state index is 5.42. The summed E-state index contributed by atoms with van der Waals surface area (Å²) in [6.45, 7) is 1.05. The Morgan fingerprint density at radius 1 is 1.31 bits per heavy atom. The molecule has 70 valence electrons. The van der Waals surface area contributed by atoms with Crippen molar-refractivity contribution in [2.75, 3.05) is 13.7 Å². The van der Waals surface area contributed by atoms with Crippen molar-refractivity contribution < 1.29 is 4.74 Å². The fraction of sp³-hybridized carbons (Fsp3) is 0.455. The molecule has 0 unspecified atom stereocenters. The Balaban J connectivity index is 2.16. The van der Waals surface area contributed by atoms with Crippen LogP contribution in [0.15, 0.2) is 30.3 Å². The molecular weight excluding hydrogens is 162 g/mol. The number of methoxy groups -OCH3 is 1. The number of rotatable bonds is 2. The molecule has 2 atom stereocenters. The van der Waals surface area contributed by atoms with E-state index in [1.165, 1.54) is 5.56 Å². The van der Waals surface area contributed by atoms with Crippen LogP contribution in [0.4, 0.5) is 0 Å². The molecule has 0 radical (unpaired) electrons. The zero-order chi connectivity index (χ0) is 9.10. The molecule has 1 heterocycles. The Labute approximate surface area is 78.9 Å². The molecule has 1 N–H and O–H groups in total. The maximum atomic E-state index is 5.42. The van der Waals surface area contributed by atoms with E-state index in [2.05, 4.69) is 29.6 Å². The van der Waals surface area contributed by atoms with Gasteiger partial charge < -0.3 is 10.1 Å². The molecular formula is C11H15NO. The third-order valence-corrected chi connectivity index (χ3v) is 2.63. The van der Waals surface area contributed by atoms with E-state index >= 15 is 0 Å². The van der Waals surface area contributed by atoms with Gasteiger partial charge in [0.1, 0.15) is 0 Å². The molecule has 1 aliphatic rings. The molecule has 13 heavy (non-hydrogen) atoms. The van der Waals surface area contributed by atoms with Crippen molar-refractivity contribution >= 4 is 0 Å². The van der Waals surface area contributed by atoms with Crippen LogP contribution in [0.2, 0.25) is 0 Å². The highest BCUT2D eigenvalue weighted by Gasteiger charge is 2.27. The Bertz CT molecular complexity index is 260. The summed E-state index contributed by atoms with van der Waals surface area (Å²) in [4.78, 5) is 0. The van der Waals surface area contributed by atoms with Crippen LogP contribution < -0.4 is 5.32 Å². The molecule has 0 aliphatic carbocycles. The van der Waals surface area contributed by atoms with E-state index in [1.807, 2.05) is 6.07 Å². The quantitative estimate of drug-likeness (QED) is 0.743. The summed E-state index contributed by atoms with van der Waals surface area (Å²) in [5.41, 5.74) is 1.33. The zero-order valence-electron chi connectivity index (χ0n) is 7.86. The summed E-state index contributed by atoms with van der Waals surface area (Å²) in [5, 5.41) is 3.45. The molecule has 1 aromatic rings. The number of hydrogen-bond donors (Lipinski definition) is 1. The molecule has 0 saturated carbocycles. The van der Waals surface area contributed by atoms with Gasteiger partial charge in [-0.3, -0.25) is 0 Å². The maximum Gasteiger partial charge on any atom is 0.0778 e. The minimum Gasteiger partial charge on any atom is -0.379 e. The first-order valence-electron chi connectivity index (χ1n) is 4.73. The molecule has 2 nitrogen and oxygen atoms in total. The summed E-state index contributed by atoms with van der Waals surface area (Å²) in [5.74, 6) is 0. The van der Waals surface area contributed by atoms with Crippen LogP contribution in [0.1, 0.15) is 18.0 Å². The van der Waals surface area contributed by atoms with Gasteiger partial charge in [-0.1, -0.05) is 30.3 Å². The van der Waals surface area contributed by atoms with Crippen molar-refractivity contribution in [1.82, 2.24) is 5.32 Å². The predicted molar refractivity (Wildman–Crippen MR) is 52.6 cm³/mol. The van der Waals surface area contributed by atoms with Crippen molar-refractivity contribution in [3.63, 3.8) is 0 Å². The molecule has 2 heteroatoms. The molecule has 1 saturated heterocycles. The van der Waals surface area contributed by atoms with Crippen molar-refractivity contribution in [3.05, 3.63) is 35.9 Å². The van der Waals surface area contributed by atoms with Gasteiger partial charge in [0.25, 0.3) is 0 Å². The number of benzene rings is 1. The highest BCUT2D eigenvalue weighted by atomic mass is 16.5. The van der Waals surface area contributed by atoms with Crippen molar-refractivity contribution in [1.29, 1.82) is 0 Å². The highest BCUT2D eigenvalue weighted by Crippen LogP contribution is 2.25. The van der Waals surface area contributed by atoms with Gasteiger partial charge in [-0.25, -0.2) is 0 Å². The molecule has 1 aliphatic heterocycles. The number of hydrogen-bond acceptors (Lipinski definition) is 2. The van der Waals surface area contributed by atoms with E-state index in [-0.39, 0.29) is 0 Å². The van der Waals surface area contributed by atoms with Crippen LogP contribution in [0.25, 0.3) is 0 Å². The summed E-state index contributed by atoms with van der Waals surface area (Å²) in [6, 6.07) is 10.9. The monoisotopic (exact) mass is 177 g/mol. The van der Waals surface area contributed by atoms with Gasteiger partial charge >= 0.3 is 0 Å². The zero-order valence-corrected chi connectivity index (χ0v) is 7.86. The van der Waals surface area contributed by atoms with Crippen LogP contribution in [-0.4, -0.2) is 19.8 Å². The average molecular weight is 177 g/mol. The summed E-state index contributed by atoms with van der Waals surface area (Å²) in [7, 11) is 1.79. The SMILES string of the molecule is CO[C@@H]1CCN[C@@H]1c1ccccc1. The molecule has 1 aromatic carbocycles. The third-order valence-electron chi connectivity index (χ3n) is 2.63. The number of nitrogens with one attached hydrogen (secondary N) is 1. The Morgan fingerprint density at radius 3 is 2.77 bits per heavy atom. The lowest BCUT2D eigenvalue weighted by molar-refractivity contribution is 0.0920. The average Bonchev–Trinajstić information content (AvgIpc) is 2.67. The topological polar surface area (TPSA) is 21.3 Å². The first-order valence-corrected chi connectivity index (χ1v) is 4.73. The van der Waals surface area contributed by atoms with Crippen molar-refractivity contribution in [2.24, 2.45) is 0 Å². The second kappa shape index (κ2) is 3.90. The van der Waals surface area contributed by atoms with E-state index in [4.69, 9.17) is 4.74 Å². The summed E-state index contributed by atoms with van der Waals surface area (Å²) < 4.78 is 5.42. The second-order valence-electron chi connectivity index (χ2n) is 3.41. The minimum atomic E-state index is 0.336. The standard InChI is InChI=1S/C11H15NO/c1-13-10-7-8-12-11(10)9-5-3-2-4-6-9/h2-6,10-12H,7-8H2,1H3/t10-,11-/m1/s1. The smallest absolute Gasteiger partial charge is 0.0778 e. The molecule has 2 rings (SSSR count). The van der Waals surface area contributed by atoms with E-state index in [1.54, 1.807) is 7.11 Å². The van der Waals surface area contributed by atoms with Crippen molar-refractivity contribution in [2.45, 2.75) is 18.6 Å². The predicted octanol–water partition coefficient (Wildman–Crippen LogP) is 1.74. The highest BCUT2D eigenvalue weighted by molar-refractivity contribution is 5.21. The molecule has 1 fully saturated rings. The number of ether oxygens (including phenoxy) is 1. The molecule has 0 amide bonds. The summed E-state index contributed by atoms with van der Waals surface area (Å²) >= 11 is 0. The van der Waals surface area contributed by atoms with E-state index in [0.29, 0.717) is 12.1 Å². The van der Waals surface area contributed by atoms with E-state index < -0.39 is 0 Å². The van der Waals surface area contributed by atoms with Gasteiger partial charge in [-0.15, -0.1) is 0 Å². The Kier molecular flexibility index (Phi) is 2.62. The molecule has 0 spiro atoms. The third kappa shape index (κ3) is 1.74. The first-order chi connectivity index (χ1) is 6.42.